The van der Waals surface area contributed by atoms with Crippen molar-refractivity contribution in [2.75, 3.05) is 0 Å². The number of aromatic nitrogens is 1. The fourth-order valence-electron chi connectivity index (χ4n) is 5.35. The van der Waals surface area contributed by atoms with E-state index in [4.69, 9.17) is 4.74 Å². The molecule has 3 atom stereocenters. The maximum absolute atomic E-state index is 13.3. The molecule has 6 heteroatoms. The van der Waals surface area contributed by atoms with Gasteiger partial charge >= 0.3 is 6.09 Å². The number of ether oxygens (including phenoxy) is 1. The summed E-state index contributed by atoms with van der Waals surface area (Å²) in [5.74, 6) is 0.833. The van der Waals surface area contributed by atoms with Gasteiger partial charge in [-0.3, -0.25) is 9.78 Å². The molecule has 37 heavy (non-hydrogen) atoms. The summed E-state index contributed by atoms with van der Waals surface area (Å²) >= 11 is 0. The zero-order valence-electron chi connectivity index (χ0n) is 21.4. The molecule has 2 aliphatic carbocycles. The fraction of sp³-hybridized carbons (Fsp3) is 0.387. The molecular formula is C31H35N3O3. The number of carbonyl (C=O) groups excluding carboxylic acids is 2. The number of nitrogens with one attached hydrogen (secondary N) is 1. The normalized spacial score (nSPS) is 20.0. The first-order valence-corrected chi connectivity index (χ1v) is 13.4. The molecule has 5 rings (SSSR count). The lowest BCUT2D eigenvalue weighted by Crippen LogP contribution is -2.37. The van der Waals surface area contributed by atoms with Gasteiger partial charge < -0.3 is 15.0 Å². The molecule has 6 nitrogen and oxygen atoms in total. The van der Waals surface area contributed by atoms with E-state index in [9.17, 15) is 9.59 Å². The predicted molar refractivity (Wildman–Crippen MR) is 143 cm³/mol. The zero-order valence-corrected chi connectivity index (χ0v) is 21.4. The summed E-state index contributed by atoms with van der Waals surface area (Å²) in [6.45, 7) is 2.56. The first-order chi connectivity index (χ1) is 18.1. The smallest absolute Gasteiger partial charge is 0.410 e. The Morgan fingerprint density at radius 1 is 0.946 bits per heavy atom. The van der Waals surface area contributed by atoms with E-state index in [0.29, 0.717) is 12.3 Å². The molecule has 0 radical (unpaired) electrons. The lowest BCUT2D eigenvalue weighted by atomic mass is 9.74. The summed E-state index contributed by atoms with van der Waals surface area (Å²) in [5.41, 5.74) is 3.39. The van der Waals surface area contributed by atoms with Crippen LogP contribution in [0.2, 0.25) is 0 Å². The van der Waals surface area contributed by atoms with Crippen LogP contribution >= 0.6 is 0 Å². The van der Waals surface area contributed by atoms with Crippen molar-refractivity contribution in [3.05, 3.63) is 95.8 Å². The van der Waals surface area contributed by atoms with Crippen LogP contribution < -0.4 is 10.1 Å². The Labute approximate surface area is 219 Å². The highest BCUT2D eigenvalue weighted by Gasteiger charge is 2.35. The number of carbonyl (C=O) groups is 2. The molecule has 2 aromatic carbocycles. The Morgan fingerprint density at radius 3 is 2.35 bits per heavy atom. The molecular weight excluding hydrogens is 462 g/mol. The predicted octanol–water partition coefficient (Wildman–Crippen LogP) is 6.40. The van der Waals surface area contributed by atoms with Crippen molar-refractivity contribution in [2.24, 2.45) is 5.92 Å². The second kappa shape index (κ2) is 11.6. The highest BCUT2D eigenvalue weighted by molar-refractivity contribution is 5.80. The third kappa shape index (κ3) is 6.37. The number of hydrogen-bond acceptors (Lipinski definition) is 4. The minimum absolute atomic E-state index is 0.0148. The van der Waals surface area contributed by atoms with Crippen LogP contribution in [-0.4, -0.2) is 27.9 Å². The minimum atomic E-state index is -0.325. The van der Waals surface area contributed by atoms with Crippen LogP contribution in [0.3, 0.4) is 0 Å². The van der Waals surface area contributed by atoms with Gasteiger partial charge in [0.05, 0.1) is 6.04 Å². The number of benzene rings is 2. The van der Waals surface area contributed by atoms with Crippen LogP contribution in [0.4, 0.5) is 4.79 Å². The van der Waals surface area contributed by atoms with E-state index >= 15 is 0 Å². The summed E-state index contributed by atoms with van der Waals surface area (Å²) in [7, 11) is 0. The first kappa shape index (κ1) is 25.0. The molecule has 1 heterocycles. The molecule has 2 amide bonds. The quantitative estimate of drug-likeness (QED) is 0.391. The molecule has 2 fully saturated rings. The monoisotopic (exact) mass is 497 g/mol. The van der Waals surface area contributed by atoms with Crippen LogP contribution in [0.25, 0.3) is 0 Å². The molecule has 0 aliphatic heterocycles. The van der Waals surface area contributed by atoms with Crippen LogP contribution in [0.1, 0.15) is 74.1 Å². The van der Waals surface area contributed by atoms with Gasteiger partial charge in [-0.1, -0.05) is 67.4 Å². The third-order valence-electron chi connectivity index (χ3n) is 7.60. The summed E-state index contributed by atoms with van der Waals surface area (Å²) in [6.07, 6.45) is 9.07. The van der Waals surface area contributed by atoms with Gasteiger partial charge in [0.15, 0.2) is 0 Å². The van der Waals surface area contributed by atoms with Gasteiger partial charge in [-0.2, -0.15) is 0 Å². The Kier molecular flexibility index (Phi) is 7.83. The number of amides is 2. The largest absolute Gasteiger partial charge is 0.415 e. The molecule has 2 aliphatic rings. The van der Waals surface area contributed by atoms with E-state index in [1.165, 1.54) is 5.56 Å². The standard InChI is InChI=1S/C31H35N3O3/c1-22(24-7-3-2-4-8-24)33-30(35)29-10-6-5-9-28(29)25-13-11-23(12-14-25)21-34(26-15-16-26)31(36)37-27-17-19-32-20-18-27/h2-4,7-8,11-14,17-20,22,26,28-29H,5-6,9-10,15-16,21H2,1H3,(H,33,35)/t22-,28+,29-/m0/s1. The molecule has 0 unspecified atom stereocenters. The van der Waals surface area contributed by atoms with Crippen LogP contribution in [0.15, 0.2) is 79.1 Å². The SMILES string of the molecule is C[C@H](NC(=O)[C@H]1CCCC[C@@H]1c1ccc(CN(C(=O)Oc2ccncc2)C2CC2)cc1)c1ccccc1. The molecule has 2 saturated carbocycles. The first-order valence-electron chi connectivity index (χ1n) is 13.4. The molecule has 1 aromatic heterocycles. The van der Waals surface area contributed by atoms with Gasteiger partial charge in [0.1, 0.15) is 5.75 Å². The van der Waals surface area contributed by atoms with Crippen molar-refractivity contribution in [3.63, 3.8) is 0 Å². The van der Waals surface area contributed by atoms with E-state index in [-0.39, 0.29) is 35.9 Å². The van der Waals surface area contributed by atoms with E-state index < -0.39 is 0 Å². The zero-order chi connectivity index (χ0) is 25.6. The van der Waals surface area contributed by atoms with E-state index in [1.807, 2.05) is 30.0 Å². The summed E-state index contributed by atoms with van der Waals surface area (Å²) in [5, 5.41) is 3.25. The lowest BCUT2D eigenvalue weighted by Gasteiger charge is -2.32. The molecule has 192 valence electrons. The maximum Gasteiger partial charge on any atom is 0.415 e. The highest BCUT2D eigenvalue weighted by Crippen LogP contribution is 2.38. The van der Waals surface area contributed by atoms with Gasteiger partial charge in [0.2, 0.25) is 5.91 Å². The summed E-state index contributed by atoms with van der Waals surface area (Å²) in [6, 6.07) is 22.2. The van der Waals surface area contributed by atoms with Crippen molar-refractivity contribution in [3.8, 4) is 5.75 Å². The molecule has 1 N–H and O–H groups in total. The van der Waals surface area contributed by atoms with Crippen molar-refractivity contribution in [1.82, 2.24) is 15.2 Å². The maximum atomic E-state index is 13.3. The highest BCUT2D eigenvalue weighted by atomic mass is 16.6. The molecule has 0 spiro atoms. The Bertz CT molecular complexity index is 1180. The van der Waals surface area contributed by atoms with E-state index in [1.54, 1.807) is 24.5 Å². The molecule has 0 bridgehead atoms. The van der Waals surface area contributed by atoms with Crippen LogP contribution in [-0.2, 0) is 11.3 Å². The number of rotatable bonds is 8. The fourth-order valence-corrected chi connectivity index (χ4v) is 5.35. The second-order valence-electron chi connectivity index (χ2n) is 10.3. The third-order valence-corrected chi connectivity index (χ3v) is 7.60. The van der Waals surface area contributed by atoms with Gasteiger partial charge in [-0.15, -0.1) is 0 Å². The van der Waals surface area contributed by atoms with Crippen LogP contribution in [0.5, 0.6) is 5.75 Å². The van der Waals surface area contributed by atoms with Gasteiger partial charge in [0, 0.05) is 30.9 Å². The number of hydrogen-bond donors (Lipinski definition) is 1. The van der Waals surface area contributed by atoms with Crippen LogP contribution in [0, 0.1) is 5.92 Å². The Morgan fingerprint density at radius 2 is 1.65 bits per heavy atom. The van der Waals surface area contributed by atoms with E-state index in [0.717, 1.165) is 49.7 Å². The average molecular weight is 498 g/mol. The minimum Gasteiger partial charge on any atom is -0.410 e. The molecule has 0 saturated heterocycles. The van der Waals surface area contributed by atoms with Gasteiger partial charge in [-0.25, -0.2) is 4.79 Å². The lowest BCUT2D eigenvalue weighted by molar-refractivity contribution is -0.127. The summed E-state index contributed by atoms with van der Waals surface area (Å²) < 4.78 is 5.58. The number of pyridine rings is 1. The van der Waals surface area contributed by atoms with Crippen molar-refractivity contribution in [2.45, 2.75) is 70.0 Å². The topological polar surface area (TPSA) is 71.5 Å². The van der Waals surface area contributed by atoms with Crippen molar-refractivity contribution < 1.29 is 14.3 Å². The van der Waals surface area contributed by atoms with Gasteiger partial charge in [-0.05, 0) is 67.3 Å². The second-order valence-corrected chi connectivity index (χ2v) is 10.3. The van der Waals surface area contributed by atoms with Crippen molar-refractivity contribution >= 4 is 12.0 Å². The Balaban J connectivity index is 1.24. The Hall–Kier alpha value is -3.67. The van der Waals surface area contributed by atoms with E-state index in [2.05, 4.69) is 46.7 Å². The molecule has 3 aromatic rings. The van der Waals surface area contributed by atoms with Crippen molar-refractivity contribution in [1.29, 1.82) is 0 Å². The average Bonchev–Trinajstić information content (AvgIpc) is 3.78. The van der Waals surface area contributed by atoms with Gasteiger partial charge in [0.25, 0.3) is 0 Å². The summed E-state index contributed by atoms with van der Waals surface area (Å²) in [4.78, 5) is 32.0. The number of nitrogens with zero attached hydrogens (tertiary/aromatic N) is 2.